The summed E-state index contributed by atoms with van der Waals surface area (Å²) in [6.45, 7) is 1.51. The van der Waals surface area contributed by atoms with Crippen molar-refractivity contribution in [3.05, 3.63) is 61.1 Å². The molecule has 3 aromatic heterocycles. The van der Waals surface area contributed by atoms with Gasteiger partial charge < -0.3 is 10.2 Å². The van der Waals surface area contributed by atoms with Gasteiger partial charge in [0.05, 0.1) is 11.4 Å². The van der Waals surface area contributed by atoms with Crippen LogP contribution >= 0.6 is 0 Å². The summed E-state index contributed by atoms with van der Waals surface area (Å²) in [4.78, 5) is 35.8. The van der Waals surface area contributed by atoms with Gasteiger partial charge in [-0.2, -0.15) is 0 Å². The van der Waals surface area contributed by atoms with Gasteiger partial charge in [0.25, 0.3) is 0 Å². The van der Waals surface area contributed by atoms with Gasteiger partial charge in [0.2, 0.25) is 11.9 Å². The Balaban J connectivity index is 1.32. The molecule has 0 bridgehead atoms. The number of nitrogens with zero attached hydrogens (tertiary/aromatic N) is 6. The zero-order valence-corrected chi connectivity index (χ0v) is 15.4. The van der Waals surface area contributed by atoms with E-state index in [2.05, 4.69) is 35.1 Å². The number of aromatic nitrogens is 5. The van der Waals surface area contributed by atoms with Gasteiger partial charge in [0.1, 0.15) is 0 Å². The summed E-state index contributed by atoms with van der Waals surface area (Å²) < 4.78 is 0. The third-order valence-corrected chi connectivity index (χ3v) is 4.66. The van der Waals surface area contributed by atoms with E-state index in [1.54, 1.807) is 37.2 Å². The number of carbonyl (C=O) groups is 1. The van der Waals surface area contributed by atoms with E-state index in [4.69, 9.17) is 0 Å². The predicted octanol–water partition coefficient (Wildman–Crippen LogP) is 1.66. The summed E-state index contributed by atoms with van der Waals surface area (Å²) >= 11 is 0. The van der Waals surface area contributed by atoms with Crippen LogP contribution in [-0.4, -0.2) is 50.0 Å². The van der Waals surface area contributed by atoms with E-state index in [1.165, 1.54) is 0 Å². The molecule has 1 saturated heterocycles. The molecule has 0 radical (unpaired) electrons. The van der Waals surface area contributed by atoms with Crippen molar-refractivity contribution >= 4 is 11.9 Å². The largest absolute Gasteiger partial charge is 0.352 e. The van der Waals surface area contributed by atoms with Gasteiger partial charge >= 0.3 is 0 Å². The molecule has 0 aromatic carbocycles. The first-order valence-corrected chi connectivity index (χ1v) is 9.30. The zero-order valence-electron chi connectivity index (χ0n) is 15.4. The molecule has 0 aliphatic carbocycles. The molecule has 8 heteroatoms. The average Bonchev–Trinajstić information content (AvgIpc) is 3.22. The second-order valence-electron chi connectivity index (χ2n) is 6.68. The molecule has 8 nitrogen and oxygen atoms in total. The summed E-state index contributed by atoms with van der Waals surface area (Å²) in [6, 6.07) is 5.84. The molecule has 1 amide bonds. The standard InChI is InChI=1S/C20H21N7O/c28-19(4-3-16-13-22-9-10-23-16)25-17-6-11-27(14-17)20-24-8-5-18(26-20)15-2-1-7-21-12-15/h1-2,5,7-10,12-13,17H,3-4,6,11,14H2,(H,25,28). The van der Waals surface area contributed by atoms with Crippen LogP contribution in [0.3, 0.4) is 0 Å². The van der Waals surface area contributed by atoms with Crippen LogP contribution in [0.2, 0.25) is 0 Å². The lowest BCUT2D eigenvalue weighted by Crippen LogP contribution is -2.37. The van der Waals surface area contributed by atoms with Crippen LogP contribution < -0.4 is 10.2 Å². The van der Waals surface area contributed by atoms with E-state index in [1.807, 2.05) is 18.2 Å². The van der Waals surface area contributed by atoms with Gasteiger partial charge in [-0.25, -0.2) is 9.97 Å². The Bertz CT molecular complexity index is 920. The number of hydrogen-bond donors (Lipinski definition) is 1. The van der Waals surface area contributed by atoms with Gasteiger partial charge in [-0.05, 0) is 31.0 Å². The van der Waals surface area contributed by atoms with Crippen LogP contribution in [-0.2, 0) is 11.2 Å². The Hall–Kier alpha value is -3.42. The van der Waals surface area contributed by atoms with Gasteiger partial charge in [0, 0.05) is 68.3 Å². The highest BCUT2D eigenvalue weighted by Gasteiger charge is 2.25. The van der Waals surface area contributed by atoms with Crippen LogP contribution in [0.15, 0.2) is 55.4 Å². The minimum Gasteiger partial charge on any atom is -0.352 e. The molecule has 0 saturated carbocycles. The van der Waals surface area contributed by atoms with Crippen molar-refractivity contribution in [1.82, 2.24) is 30.2 Å². The lowest BCUT2D eigenvalue weighted by molar-refractivity contribution is -0.121. The van der Waals surface area contributed by atoms with Gasteiger partial charge in [-0.1, -0.05) is 0 Å². The minimum atomic E-state index is 0.0301. The van der Waals surface area contributed by atoms with E-state index >= 15 is 0 Å². The maximum absolute atomic E-state index is 12.2. The molecule has 1 aliphatic rings. The van der Waals surface area contributed by atoms with Crippen LogP contribution in [0.5, 0.6) is 0 Å². The number of nitrogens with one attached hydrogen (secondary N) is 1. The van der Waals surface area contributed by atoms with Gasteiger partial charge in [-0.3, -0.25) is 19.7 Å². The third kappa shape index (κ3) is 4.46. The third-order valence-electron chi connectivity index (χ3n) is 4.66. The first-order valence-electron chi connectivity index (χ1n) is 9.30. The molecule has 1 unspecified atom stereocenters. The van der Waals surface area contributed by atoms with Gasteiger partial charge in [0.15, 0.2) is 0 Å². The fourth-order valence-electron chi connectivity index (χ4n) is 3.24. The number of hydrogen-bond acceptors (Lipinski definition) is 7. The summed E-state index contributed by atoms with van der Waals surface area (Å²) in [5.74, 6) is 0.709. The summed E-state index contributed by atoms with van der Waals surface area (Å²) in [6.07, 6.45) is 12.1. The highest BCUT2D eigenvalue weighted by atomic mass is 16.1. The SMILES string of the molecule is O=C(CCc1cnccn1)NC1CCN(c2nccc(-c3cccnc3)n2)C1. The Kier molecular flexibility index (Phi) is 5.46. The van der Waals surface area contributed by atoms with Crippen molar-refractivity contribution in [2.24, 2.45) is 0 Å². The second kappa shape index (κ2) is 8.51. The normalized spacial score (nSPS) is 16.1. The molecule has 1 fully saturated rings. The number of pyridine rings is 1. The highest BCUT2D eigenvalue weighted by molar-refractivity contribution is 5.76. The molecule has 142 valence electrons. The zero-order chi connectivity index (χ0) is 19.2. The Labute approximate surface area is 163 Å². The van der Waals surface area contributed by atoms with Crippen LogP contribution in [0.25, 0.3) is 11.3 Å². The van der Waals surface area contributed by atoms with E-state index in [9.17, 15) is 4.79 Å². The average molecular weight is 375 g/mol. The van der Waals surface area contributed by atoms with Gasteiger partial charge in [-0.15, -0.1) is 0 Å². The topological polar surface area (TPSA) is 96.8 Å². The van der Waals surface area contributed by atoms with E-state index in [0.717, 1.165) is 29.9 Å². The molecule has 28 heavy (non-hydrogen) atoms. The fraction of sp³-hybridized carbons (Fsp3) is 0.300. The van der Waals surface area contributed by atoms with Crippen LogP contribution in [0.1, 0.15) is 18.5 Å². The van der Waals surface area contributed by atoms with E-state index in [0.29, 0.717) is 25.3 Å². The first kappa shape index (κ1) is 18.0. The number of amides is 1. The van der Waals surface area contributed by atoms with Crippen molar-refractivity contribution in [2.45, 2.75) is 25.3 Å². The lowest BCUT2D eigenvalue weighted by atomic mass is 10.2. The number of anilines is 1. The maximum atomic E-state index is 12.2. The smallest absolute Gasteiger partial charge is 0.225 e. The number of carbonyl (C=O) groups excluding carboxylic acids is 1. The molecule has 1 aliphatic heterocycles. The predicted molar refractivity (Wildman–Crippen MR) is 104 cm³/mol. The molecular weight excluding hydrogens is 354 g/mol. The second-order valence-corrected chi connectivity index (χ2v) is 6.68. The minimum absolute atomic E-state index is 0.0301. The molecule has 4 heterocycles. The molecule has 3 aromatic rings. The monoisotopic (exact) mass is 375 g/mol. The van der Waals surface area contributed by atoms with Crippen molar-refractivity contribution in [2.75, 3.05) is 18.0 Å². The summed E-state index contributed by atoms with van der Waals surface area (Å²) in [7, 11) is 0. The van der Waals surface area contributed by atoms with Crippen molar-refractivity contribution in [1.29, 1.82) is 0 Å². The molecule has 0 spiro atoms. The van der Waals surface area contributed by atoms with Crippen molar-refractivity contribution in [3.8, 4) is 11.3 Å². The molecule has 1 atom stereocenters. The summed E-state index contributed by atoms with van der Waals surface area (Å²) in [5, 5.41) is 3.10. The quantitative estimate of drug-likeness (QED) is 0.700. The van der Waals surface area contributed by atoms with Crippen LogP contribution in [0.4, 0.5) is 5.95 Å². The van der Waals surface area contributed by atoms with Crippen molar-refractivity contribution < 1.29 is 4.79 Å². The Morgan fingerprint density at radius 1 is 1.11 bits per heavy atom. The number of aryl methyl sites for hydroxylation is 1. The molecular formula is C20H21N7O. The fourth-order valence-corrected chi connectivity index (χ4v) is 3.24. The lowest BCUT2D eigenvalue weighted by Gasteiger charge is -2.17. The molecule has 4 rings (SSSR count). The Morgan fingerprint density at radius 2 is 2.04 bits per heavy atom. The first-order chi connectivity index (χ1) is 13.8. The summed E-state index contributed by atoms with van der Waals surface area (Å²) in [5.41, 5.74) is 2.63. The number of rotatable bonds is 6. The van der Waals surface area contributed by atoms with E-state index < -0.39 is 0 Å². The Morgan fingerprint density at radius 3 is 2.86 bits per heavy atom. The highest BCUT2D eigenvalue weighted by Crippen LogP contribution is 2.20. The maximum Gasteiger partial charge on any atom is 0.225 e. The van der Waals surface area contributed by atoms with Crippen molar-refractivity contribution in [3.63, 3.8) is 0 Å². The molecule has 1 N–H and O–H groups in total. The van der Waals surface area contributed by atoms with E-state index in [-0.39, 0.29) is 11.9 Å². The van der Waals surface area contributed by atoms with Crippen LogP contribution in [0, 0.1) is 0 Å².